The normalized spacial score (nSPS) is 14.2. The fourth-order valence-electron chi connectivity index (χ4n) is 2.52. The van der Waals surface area contributed by atoms with E-state index in [1.54, 1.807) is 6.07 Å². The Hall–Kier alpha value is -1.81. The summed E-state index contributed by atoms with van der Waals surface area (Å²) in [6.07, 6.45) is 1.90. The summed E-state index contributed by atoms with van der Waals surface area (Å²) in [5, 5.41) is 17.8. The van der Waals surface area contributed by atoms with Crippen molar-refractivity contribution in [2.75, 3.05) is 0 Å². The van der Waals surface area contributed by atoms with E-state index in [4.69, 9.17) is 0 Å². The lowest BCUT2D eigenvalue weighted by molar-refractivity contribution is 0.437. The Labute approximate surface area is 120 Å². The van der Waals surface area contributed by atoms with Crippen LogP contribution in [0.25, 0.3) is 0 Å². The lowest BCUT2D eigenvalue weighted by atomic mass is 10.0. The molecule has 2 N–H and O–H groups in total. The average molecular weight is 273 g/mol. The zero-order valence-corrected chi connectivity index (χ0v) is 12.8. The maximum absolute atomic E-state index is 10.0. The fraction of sp³-hybridized carbons (Fsp3) is 0.438. The second-order valence-corrected chi connectivity index (χ2v) is 5.48. The van der Waals surface area contributed by atoms with Crippen LogP contribution in [0.5, 0.6) is 5.75 Å². The fourth-order valence-corrected chi connectivity index (χ4v) is 2.52. The number of hydrogen-bond acceptors (Lipinski definition) is 3. The summed E-state index contributed by atoms with van der Waals surface area (Å²) >= 11 is 0. The van der Waals surface area contributed by atoms with Gasteiger partial charge in [-0.3, -0.25) is 4.68 Å². The lowest BCUT2D eigenvalue weighted by Crippen LogP contribution is -2.23. The van der Waals surface area contributed by atoms with E-state index < -0.39 is 0 Å². The predicted octanol–water partition coefficient (Wildman–Crippen LogP) is 3.15. The van der Waals surface area contributed by atoms with Crippen molar-refractivity contribution in [3.8, 4) is 5.75 Å². The van der Waals surface area contributed by atoms with Crippen molar-refractivity contribution < 1.29 is 5.11 Å². The van der Waals surface area contributed by atoms with E-state index >= 15 is 0 Å². The van der Waals surface area contributed by atoms with Crippen molar-refractivity contribution in [1.29, 1.82) is 0 Å². The molecule has 0 amide bonds. The molecule has 108 valence electrons. The first-order valence-electron chi connectivity index (χ1n) is 6.94. The highest BCUT2D eigenvalue weighted by molar-refractivity contribution is 5.38. The number of benzene rings is 1. The molecule has 2 atom stereocenters. The minimum atomic E-state index is 0.0743. The van der Waals surface area contributed by atoms with Gasteiger partial charge in [-0.25, -0.2) is 0 Å². The maximum Gasteiger partial charge on any atom is 0.120 e. The number of nitrogens with zero attached hydrogens (tertiary/aromatic N) is 2. The van der Waals surface area contributed by atoms with Crippen molar-refractivity contribution >= 4 is 0 Å². The van der Waals surface area contributed by atoms with Crippen molar-refractivity contribution in [3.63, 3.8) is 0 Å². The first kappa shape index (κ1) is 14.6. The second-order valence-electron chi connectivity index (χ2n) is 5.48. The van der Waals surface area contributed by atoms with Crippen LogP contribution in [-0.2, 0) is 7.05 Å². The number of aromatic hydroxyl groups is 1. The molecule has 1 aromatic heterocycles. The summed E-state index contributed by atoms with van der Waals surface area (Å²) < 4.78 is 1.88. The summed E-state index contributed by atoms with van der Waals surface area (Å²) in [4.78, 5) is 0. The average Bonchev–Trinajstić information content (AvgIpc) is 2.69. The van der Waals surface area contributed by atoms with Crippen molar-refractivity contribution in [3.05, 3.63) is 46.8 Å². The van der Waals surface area contributed by atoms with Crippen LogP contribution >= 0.6 is 0 Å². The van der Waals surface area contributed by atoms with Crippen LogP contribution in [0.15, 0.2) is 24.4 Å². The Morgan fingerprint density at radius 3 is 2.35 bits per heavy atom. The molecular formula is C16H23N3O. The smallest absolute Gasteiger partial charge is 0.120 e. The summed E-state index contributed by atoms with van der Waals surface area (Å²) in [5.41, 5.74) is 4.33. The highest BCUT2D eigenvalue weighted by Crippen LogP contribution is 2.27. The highest BCUT2D eigenvalue weighted by Gasteiger charge is 2.17. The third-order valence-electron chi connectivity index (χ3n) is 3.89. The molecule has 0 saturated heterocycles. The minimum absolute atomic E-state index is 0.0743. The van der Waals surface area contributed by atoms with E-state index in [9.17, 15) is 5.11 Å². The van der Waals surface area contributed by atoms with Gasteiger partial charge in [0, 0.05) is 36.0 Å². The lowest BCUT2D eigenvalue weighted by Gasteiger charge is -2.21. The van der Waals surface area contributed by atoms with Crippen LogP contribution < -0.4 is 5.32 Å². The third kappa shape index (κ3) is 2.85. The van der Waals surface area contributed by atoms with E-state index in [2.05, 4.69) is 31.2 Å². The van der Waals surface area contributed by atoms with Gasteiger partial charge in [0.15, 0.2) is 0 Å². The molecule has 2 aromatic rings. The highest BCUT2D eigenvalue weighted by atomic mass is 16.3. The number of phenols is 1. The molecule has 0 aliphatic rings. The first-order valence-corrected chi connectivity index (χ1v) is 6.94. The molecule has 0 saturated carbocycles. The number of hydrogen-bond donors (Lipinski definition) is 2. The molecule has 0 spiro atoms. The predicted molar refractivity (Wildman–Crippen MR) is 80.8 cm³/mol. The van der Waals surface area contributed by atoms with E-state index in [0.717, 1.165) is 16.8 Å². The molecular weight excluding hydrogens is 250 g/mol. The number of aryl methyl sites for hydroxylation is 2. The quantitative estimate of drug-likeness (QED) is 0.899. The standard InChI is InChI=1S/C16H23N3O/c1-10-6-7-14(16(20)8-10)11(2)18-12(3)15-9-17-19(5)13(15)4/h6-9,11-12,18,20H,1-5H3. The molecule has 2 unspecified atom stereocenters. The van der Waals surface area contributed by atoms with Crippen molar-refractivity contribution in [2.24, 2.45) is 7.05 Å². The first-order chi connectivity index (χ1) is 9.40. The molecule has 1 heterocycles. The van der Waals surface area contributed by atoms with Gasteiger partial charge in [0.05, 0.1) is 6.20 Å². The zero-order valence-electron chi connectivity index (χ0n) is 12.8. The molecule has 4 heteroatoms. The van der Waals surface area contributed by atoms with Gasteiger partial charge in [-0.15, -0.1) is 0 Å². The van der Waals surface area contributed by atoms with Crippen molar-refractivity contribution in [1.82, 2.24) is 15.1 Å². The SMILES string of the molecule is Cc1ccc(C(C)NC(C)c2cnn(C)c2C)c(O)c1. The molecule has 0 bridgehead atoms. The van der Waals surface area contributed by atoms with Crippen LogP contribution in [0.4, 0.5) is 0 Å². The van der Waals surface area contributed by atoms with Crippen LogP contribution in [0, 0.1) is 13.8 Å². The number of rotatable bonds is 4. The number of nitrogens with one attached hydrogen (secondary N) is 1. The summed E-state index contributed by atoms with van der Waals surface area (Å²) in [7, 11) is 1.95. The molecule has 0 aliphatic heterocycles. The summed E-state index contributed by atoms with van der Waals surface area (Å²) in [5.74, 6) is 0.347. The molecule has 1 aromatic carbocycles. The van der Waals surface area contributed by atoms with Gasteiger partial charge in [-0.05, 0) is 39.3 Å². The van der Waals surface area contributed by atoms with Gasteiger partial charge in [0.2, 0.25) is 0 Å². The molecule has 4 nitrogen and oxygen atoms in total. The number of aromatic nitrogens is 2. The summed E-state index contributed by atoms with van der Waals surface area (Å²) in [6, 6.07) is 6.05. The molecule has 0 radical (unpaired) electrons. The van der Waals surface area contributed by atoms with Gasteiger partial charge in [0.1, 0.15) is 5.75 Å². The van der Waals surface area contributed by atoms with Crippen LogP contribution in [0.1, 0.15) is 48.3 Å². The third-order valence-corrected chi connectivity index (χ3v) is 3.89. The van der Waals surface area contributed by atoms with Crippen LogP contribution in [0.2, 0.25) is 0 Å². The van der Waals surface area contributed by atoms with E-state index in [1.807, 2.05) is 37.0 Å². The van der Waals surface area contributed by atoms with Crippen LogP contribution in [0.3, 0.4) is 0 Å². The van der Waals surface area contributed by atoms with Gasteiger partial charge < -0.3 is 10.4 Å². The molecule has 2 rings (SSSR count). The van der Waals surface area contributed by atoms with E-state index in [1.165, 1.54) is 5.56 Å². The van der Waals surface area contributed by atoms with Gasteiger partial charge in [0.25, 0.3) is 0 Å². The molecule has 0 fully saturated rings. The maximum atomic E-state index is 10.0. The Balaban J connectivity index is 2.15. The monoisotopic (exact) mass is 273 g/mol. The van der Waals surface area contributed by atoms with Gasteiger partial charge in [-0.2, -0.15) is 5.10 Å². The molecule has 20 heavy (non-hydrogen) atoms. The van der Waals surface area contributed by atoms with E-state index in [-0.39, 0.29) is 12.1 Å². The van der Waals surface area contributed by atoms with Gasteiger partial charge in [-0.1, -0.05) is 12.1 Å². The van der Waals surface area contributed by atoms with Crippen molar-refractivity contribution in [2.45, 2.75) is 39.8 Å². The summed E-state index contributed by atoms with van der Waals surface area (Å²) in [6.45, 7) is 8.22. The largest absolute Gasteiger partial charge is 0.508 e. The van der Waals surface area contributed by atoms with E-state index in [0.29, 0.717) is 5.75 Å². The van der Waals surface area contributed by atoms with Gasteiger partial charge >= 0.3 is 0 Å². The Kier molecular flexibility index (Phi) is 4.14. The van der Waals surface area contributed by atoms with Crippen LogP contribution in [-0.4, -0.2) is 14.9 Å². The molecule has 0 aliphatic carbocycles. The Bertz CT molecular complexity index is 604. The Morgan fingerprint density at radius 2 is 1.80 bits per heavy atom. The topological polar surface area (TPSA) is 50.1 Å². The Morgan fingerprint density at radius 1 is 1.15 bits per heavy atom. The zero-order chi connectivity index (χ0) is 14.9. The number of phenolic OH excluding ortho intramolecular Hbond substituents is 1. The minimum Gasteiger partial charge on any atom is -0.508 e. The second kappa shape index (κ2) is 5.67.